The Morgan fingerprint density at radius 2 is 1.78 bits per heavy atom. The van der Waals surface area contributed by atoms with Crippen LogP contribution in [0, 0.1) is 0 Å². The maximum Gasteiger partial charge on any atom is 0.187 e. The molecule has 0 amide bonds. The van der Waals surface area contributed by atoms with E-state index in [0.717, 1.165) is 21.8 Å². The van der Waals surface area contributed by atoms with Gasteiger partial charge in [-0.15, -0.1) is 42.3 Å². The third kappa shape index (κ3) is 2.44. The van der Waals surface area contributed by atoms with Crippen LogP contribution in [-0.2, 0) is 0 Å². The lowest BCUT2D eigenvalue weighted by molar-refractivity contribution is 1.04. The zero-order valence-corrected chi connectivity index (χ0v) is 11.5. The summed E-state index contributed by atoms with van der Waals surface area (Å²) >= 11 is 0. The number of anilines is 1. The van der Waals surface area contributed by atoms with E-state index in [4.69, 9.17) is 5.84 Å². The summed E-state index contributed by atoms with van der Waals surface area (Å²) in [5.74, 6) is 5.92. The van der Waals surface area contributed by atoms with Crippen LogP contribution >= 0.6 is 37.2 Å². The number of halogens is 3. The Bertz CT molecular complexity index is 640. The van der Waals surface area contributed by atoms with Crippen LogP contribution in [0.25, 0.3) is 21.8 Å². The van der Waals surface area contributed by atoms with Gasteiger partial charge in [-0.05, 0) is 6.07 Å². The topological polar surface area (TPSA) is 79.6 Å². The van der Waals surface area contributed by atoms with Gasteiger partial charge in [0.2, 0.25) is 0 Å². The van der Waals surface area contributed by atoms with E-state index in [-0.39, 0.29) is 37.2 Å². The molecule has 98 valence electrons. The molecule has 0 aliphatic heterocycles. The third-order valence-corrected chi connectivity index (χ3v) is 2.46. The summed E-state index contributed by atoms with van der Waals surface area (Å²) in [5.41, 5.74) is 4.46. The van der Waals surface area contributed by atoms with Gasteiger partial charge in [0.15, 0.2) is 5.82 Å². The van der Waals surface area contributed by atoms with Crippen molar-refractivity contribution in [3.63, 3.8) is 0 Å². The summed E-state index contributed by atoms with van der Waals surface area (Å²) in [7, 11) is 0. The van der Waals surface area contributed by atoms with Crippen LogP contribution in [0.15, 0.2) is 30.5 Å². The van der Waals surface area contributed by atoms with Crippen LogP contribution < -0.4 is 11.3 Å². The lowest BCUT2D eigenvalue weighted by Crippen LogP contribution is -2.09. The van der Waals surface area contributed by atoms with E-state index in [9.17, 15) is 0 Å². The minimum absolute atomic E-state index is 0. The van der Waals surface area contributed by atoms with Crippen molar-refractivity contribution in [3.8, 4) is 0 Å². The Kier molecular flexibility index (Phi) is 6.14. The molecule has 0 fully saturated rings. The number of hydrazine groups is 1. The smallest absolute Gasteiger partial charge is 0.187 e. The third-order valence-electron chi connectivity index (χ3n) is 2.46. The highest BCUT2D eigenvalue weighted by atomic mass is 35.5. The molecule has 0 saturated carbocycles. The Hall–Kier alpha value is -1.27. The molecule has 5 nitrogen and oxygen atoms in total. The molecule has 2 aromatic heterocycles. The second kappa shape index (κ2) is 6.61. The number of aromatic nitrogens is 3. The molecule has 8 heteroatoms. The number of nitrogen functional groups attached to an aromatic ring is 1. The Morgan fingerprint density at radius 1 is 1.06 bits per heavy atom. The number of nitrogens with one attached hydrogen (secondary N) is 2. The maximum atomic E-state index is 5.37. The van der Waals surface area contributed by atoms with Gasteiger partial charge in [-0.2, -0.15) is 5.10 Å². The lowest BCUT2D eigenvalue weighted by atomic mass is 10.2. The average Bonchev–Trinajstić information content (AvgIpc) is 2.67. The van der Waals surface area contributed by atoms with Gasteiger partial charge >= 0.3 is 0 Å². The zero-order chi connectivity index (χ0) is 10.3. The molecule has 0 aliphatic rings. The van der Waals surface area contributed by atoms with Crippen molar-refractivity contribution in [2.75, 3.05) is 5.43 Å². The molecule has 2 heterocycles. The molecule has 3 aromatic rings. The van der Waals surface area contributed by atoms with Crippen molar-refractivity contribution >= 4 is 64.8 Å². The van der Waals surface area contributed by atoms with Gasteiger partial charge in [0.1, 0.15) is 0 Å². The first-order valence-electron chi connectivity index (χ1n) is 4.59. The lowest BCUT2D eigenvalue weighted by Gasteiger charge is -1.97. The van der Waals surface area contributed by atoms with Crippen molar-refractivity contribution < 1.29 is 0 Å². The fraction of sp³-hybridized carbons (Fsp3) is 0. The maximum absolute atomic E-state index is 5.37. The monoisotopic (exact) mass is 307 g/mol. The van der Waals surface area contributed by atoms with Crippen LogP contribution in [0.1, 0.15) is 0 Å². The SMILES string of the molecule is Cl.Cl.Cl.NNc1nncc2c1[nH]c1ccccc12. The van der Waals surface area contributed by atoms with Crippen molar-refractivity contribution in [2.24, 2.45) is 5.84 Å². The summed E-state index contributed by atoms with van der Waals surface area (Å²) < 4.78 is 0. The van der Waals surface area contributed by atoms with Gasteiger partial charge < -0.3 is 10.4 Å². The predicted molar refractivity (Wildman–Crippen MR) is 80.9 cm³/mol. The van der Waals surface area contributed by atoms with Gasteiger partial charge in [0.25, 0.3) is 0 Å². The Morgan fingerprint density at radius 3 is 2.50 bits per heavy atom. The number of hydrogen-bond acceptors (Lipinski definition) is 4. The van der Waals surface area contributed by atoms with Crippen LogP contribution in [0.3, 0.4) is 0 Å². The number of nitrogens with zero attached hydrogens (tertiary/aromatic N) is 2. The molecule has 0 radical (unpaired) electrons. The molecule has 1 aromatic carbocycles. The quantitative estimate of drug-likeness (QED) is 0.477. The van der Waals surface area contributed by atoms with Crippen molar-refractivity contribution in [1.29, 1.82) is 0 Å². The van der Waals surface area contributed by atoms with E-state index in [0.29, 0.717) is 5.82 Å². The minimum atomic E-state index is 0. The van der Waals surface area contributed by atoms with E-state index >= 15 is 0 Å². The Labute approximate surface area is 122 Å². The number of benzene rings is 1. The van der Waals surface area contributed by atoms with Crippen molar-refractivity contribution in [1.82, 2.24) is 15.2 Å². The van der Waals surface area contributed by atoms with Gasteiger partial charge in [0, 0.05) is 16.3 Å². The average molecular weight is 309 g/mol. The molecule has 3 rings (SSSR count). The summed E-state index contributed by atoms with van der Waals surface area (Å²) in [6.07, 6.45) is 1.73. The second-order valence-electron chi connectivity index (χ2n) is 3.30. The number of nitrogens with two attached hydrogens (primary N) is 1. The van der Waals surface area contributed by atoms with Gasteiger partial charge in [-0.25, -0.2) is 5.84 Å². The van der Waals surface area contributed by atoms with E-state index in [1.807, 2.05) is 24.3 Å². The van der Waals surface area contributed by atoms with Crippen LogP contribution in [0.4, 0.5) is 5.82 Å². The van der Waals surface area contributed by atoms with Gasteiger partial charge in [-0.1, -0.05) is 18.2 Å². The molecule has 0 aliphatic carbocycles. The molecular weight excluding hydrogens is 297 g/mol. The van der Waals surface area contributed by atoms with E-state index in [1.54, 1.807) is 6.20 Å². The zero-order valence-electron chi connectivity index (χ0n) is 9.08. The fourth-order valence-corrected chi connectivity index (χ4v) is 1.78. The number of para-hydroxylation sites is 1. The largest absolute Gasteiger partial charge is 0.351 e. The van der Waals surface area contributed by atoms with Crippen molar-refractivity contribution in [3.05, 3.63) is 30.5 Å². The number of rotatable bonds is 1. The molecule has 18 heavy (non-hydrogen) atoms. The molecule has 0 bridgehead atoms. The first kappa shape index (κ1) is 16.7. The molecule has 0 atom stereocenters. The second-order valence-corrected chi connectivity index (χ2v) is 3.30. The minimum Gasteiger partial charge on any atom is -0.351 e. The Balaban J connectivity index is 0.000000963. The molecule has 0 spiro atoms. The summed E-state index contributed by atoms with van der Waals surface area (Å²) in [5, 5.41) is 9.94. The predicted octanol–water partition coefficient (Wildman–Crippen LogP) is 2.66. The number of fused-ring (bicyclic) bond motifs is 3. The normalized spacial score (nSPS) is 9.17. The highest BCUT2D eigenvalue weighted by molar-refractivity contribution is 6.09. The summed E-state index contributed by atoms with van der Waals surface area (Å²) in [6.45, 7) is 0. The van der Waals surface area contributed by atoms with Crippen LogP contribution in [0.5, 0.6) is 0 Å². The molecule has 0 saturated heterocycles. The summed E-state index contributed by atoms with van der Waals surface area (Å²) in [4.78, 5) is 3.25. The van der Waals surface area contributed by atoms with E-state index in [1.165, 1.54) is 0 Å². The highest BCUT2D eigenvalue weighted by Gasteiger charge is 2.07. The standard InChI is InChI=1S/C10H9N5.3ClH/c11-14-10-9-7(5-12-15-10)6-3-1-2-4-8(6)13-9;;;/h1-5,13H,11H2,(H,14,15);3*1H. The number of aromatic amines is 1. The van der Waals surface area contributed by atoms with Crippen LogP contribution in [-0.4, -0.2) is 15.2 Å². The van der Waals surface area contributed by atoms with E-state index in [2.05, 4.69) is 20.6 Å². The van der Waals surface area contributed by atoms with Gasteiger partial charge in [0.05, 0.1) is 11.7 Å². The first-order valence-corrected chi connectivity index (χ1v) is 4.59. The van der Waals surface area contributed by atoms with E-state index < -0.39 is 0 Å². The molecule has 4 N–H and O–H groups in total. The first-order chi connectivity index (χ1) is 7.40. The fourth-order valence-electron chi connectivity index (χ4n) is 1.78. The highest BCUT2D eigenvalue weighted by Crippen LogP contribution is 2.27. The number of hydrogen-bond donors (Lipinski definition) is 3. The van der Waals surface area contributed by atoms with Crippen LogP contribution in [0.2, 0.25) is 0 Å². The molecular formula is C10H12Cl3N5. The number of H-pyrrole nitrogens is 1. The molecule has 0 unspecified atom stereocenters. The van der Waals surface area contributed by atoms with Gasteiger partial charge in [-0.3, -0.25) is 0 Å². The van der Waals surface area contributed by atoms with Crippen molar-refractivity contribution in [2.45, 2.75) is 0 Å². The summed E-state index contributed by atoms with van der Waals surface area (Å²) in [6, 6.07) is 8.02.